The molecule has 1 saturated heterocycles. The Hall–Kier alpha value is -1.42. The summed E-state index contributed by atoms with van der Waals surface area (Å²) in [5.41, 5.74) is 2.16. The minimum atomic E-state index is 0.477. The maximum atomic E-state index is 4.95. The van der Waals surface area contributed by atoms with E-state index in [-0.39, 0.29) is 0 Å². The highest BCUT2D eigenvalue weighted by molar-refractivity contribution is 5.71. The highest BCUT2D eigenvalue weighted by Gasteiger charge is 2.31. The molecule has 1 atom stereocenters. The second-order valence-electron chi connectivity index (χ2n) is 6.26. The van der Waals surface area contributed by atoms with Crippen molar-refractivity contribution >= 4 is 11.2 Å². The molecule has 4 nitrogen and oxygen atoms in total. The summed E-state index contributed by atoms with van der Waals surface area (Å²) in [6.07, 6.45) is 9.66. The first-order chi connectivity index (χ1) is 9.84. The first kappa shape index (κ1) is 12.3. The molecular weight excluding hydrogens is 248 g/mol. The second-order valence-corrected chi connectivity index (χ2v) is 6.26. The summed E-state index contributed by atoms with van der Waals surface area (Å²) < 4.78 is 2.47. The van der Waals surface area contributed by atoms with Crippen molar-refractivity contribution in [1.82, 2.24) is 19.4 Å². The first-order valence-corrected chi connectivity index (χ1v) is 7.87. The van der Waals surface area contributed by atoms with Gasteiger partial charge in [-0.25, -0.2) is 9.97 Å². The topological polar surface area (TPSA) is 34.0 Å². The van der Waals surface area contributed by atoms with E-state index in [2.05, 4.69) is 27.6 Å². The van der Waals surface area contributed by atoms with Gasteiger partial charge < -0.3 is 4.57 Å². The molecule has 2 aliphatic rings. The molecule has 2 fully saturated rings. The number of pyridine rings is 1. The van der Waals surface area contributed by atoms with Gasteiger partial charge in [0, 0.05) is 12.2 Å². The van der Waals surface area contributed by atoms with Crippen LogP contribution in [0.25, 0.3) is 11.2 Å². The monoisotopic (exact) mass is 270 g/mol. The molecule has 0 radical (unpaired) electrons. The van der Waals surface area contributed by atoms with Gasteiger partial charge in [-0.05, 0) is 51.4 Å². The smallest absolute Gasteiger partial charge is 0.160 e. The van der Waals surface area contributed by atoms with E-state index in [1.807, 2.05) is 12.3 Å². The molecule has 4 rings (SSSR count). The number of likely N-dealkylation sites (tertiary alicyclic amines) is 1. The van der Waals surface area contributed by atoms with Crippen LogP contribution in [0.4, 0.5) is 0 Å². The largest absolute Gasteiger partial charge is 0.308 e. The lowest BCUT2D eigenvalue weighted by Gasteiger charge is -2.23. The average Bonchev–Trinajstić information content (AvgIpc) is 3.15. The van der Waals surface area contributed by atoms with Crippen LogP contribution in [0.15, 0.2) is 18.3 Å². The molecular formula is C16H22N4. The molecule has 2 aromatic heterocycles. The van der Waals surface area contributed by atoms with Crippen LogP contribution in [0, 0.1) is 0 Å². The fraction of sp³-hybridized carbons (Fsp3) is 0.625. The Balaban J connectivity index is 1.87. The van der Waals surface area contributed by atoms with Crippen molar-refractivity contribution in [2.75, 3.05) is 13.6 Å². The lowest BCUT2D eigenvalue weighted by Crippen LogP contribution is -2.22. The van der Waals surface area contributed by atoms with E-state index >= 15 is 0 Å². The second kappa shape index (κ2) is 4.85. The zero-order chi connectivity index (χ0) is 13.5. The van der Waals surface area contributed by atoms with Gasteiger partial charge in [0.1, 0.15) is 11.3 Å². The van der Waals surface area contributed by atoms with Crippen LogP contribution in [-0.2, 0) is 0 Å². The summed E-state index contributed by atoms with van der Waals surface area (Å²) in [5.74, 6) is 1.26. The van der Waals surface area contributed by atoms with Gasteiger partial charge in [-0.3, -0.25) is 4.90 Å². The van der Waals surface area contributed by atoms with E-state index in [0.717, 1.165) is 11.2 Å². The molecule has 2 aromatic rings. The van der Waals surface area contributed by atoms with Crippen LogP contribution in [0.1, 0.15) is 56.4 Å². The highest BCUT2D eigenvalue weighted by atomic mass is 15.2. The molecule has 20 heavy (non-hydrogen) atoms. The Morgan fingerprint density at radius 3 is 2.75 bits per heavy atom. The standard InChI is InChI=1S/C16H22N4/c1-19-11-5-9-14(19)16-18-13-8-4-10-17-15(13)20(16)12-6-2-3-7-12/h4,8,10,12,14H,2-3,5-7,9,11H2,1H3. The molecule has 0 N–H and O–H groups in total. The van der Waals surface area contributed by atoms with Crippen molar-refractivity contribution in [1.29, 1.82) is 0 Å². The zero-order valence-electron chi connectivity index (χ0n) is 12.1. The van der Waals surface area contributed by atoms with Gasteiger partial charge in [0.25, 0.3) is 0 Å². The van der Waals surface area contributed by atoms with Crippen LogP contribution >= 0.6 is 0 Å². The fourth-order valence-corrected chi connectivity index (χ4v) is 3.94. The summed E-state index contributed by atoms with van der Waals surface area (Å²) in [5, 5.41) is 0. The summed E-state index contributed by atoms with van der Waals surface area (Å²) in [6, 6.07) is 5.19. The van der Waals surface area contributed by atoms with Gasteiger partial charge >= 0.3 is 0 Å². The first-order valence-electron chi connectivity index (χ1n) is 7.87. The molecule has 1 saturated carbocycles. The van der Waals surface area contributed by atoms with Gasteiger partial charge in [-0.15, -0.1) is 0 Å². The van der Waals surface area contributed by atoms with Crippen LogP contribution in [0.2, 0.25) is 0 Å². The molecule has 1 aliphatic carbocycles. The number of nitrogens with zero attached hydrogens (tertiary/aromatic N) is 4. The van der Waals surface area contributed by atoms with E-state index in [1.165, 1.54) is 50.9 Å². The van der Waals surface area contributed by atoms with Gasteiger partial charge in [-0.2, -0.15) is 0 Å². The molecule has 1 aliphatic heterocycles. The van der Waals surface area contributed by atoms with Gasteiger partial charge in [-0.1, -0.05) is 12.8 Å². The van der Waals surface area contributed by atoms with Crippen molar-refractivity contribution in [2.45, 2.75) is 50.6 Å². The Kier molecular flexibility index (Phi) is 2.99. The van der Waals surface area contributed by atoms with Gasteiger partial charge in [0.15, 0.2) is 5.65 Å². The molecule has 0 spiro atoms. The Morgan fingerprint density at radius 1 is 1.15 bits per heavy atom. The maximum Gasteiger partial charge on any atom is 0.160 e. The summed E-state index contributed by atoms with van der Waals surface area (Å²) >= 11 is 0. The number of aromatic nitrogens is 3. The lowest BCUT2D eigenvalue weighted by molar-refractivity contribution is 0.293. The third-order valence-corrected chi connectivity index (χ3v) is 4.98. The summed E-state index contributed by atoms with van der Waals surface area (Å²) in [4.78, 5) is 12.0. The van der Waals surface area contributed by atoms with Crippen molar-refractivity contribution in [3.8, 4) is 0 Å². The Labute approximate surface area is 119 Å². The minimum Gasteiger partial charge on any atom is -0.308 e. The number of rotatable bonds is 2. The molecule has 0 aromatic carbocycles. The molecule has 1 unspecified atom stereocenters. The van der Waals surface area contributed by atoms with Crippen molar-refractivity contribution in [3.05, 3.63) is 24.2 Å². The average molecular weight is 270 g/mol. The number of fused-ring (bicyclic) bond motifs is 1. The fourth-order valence-electron chi connectivity index (χ4n) is 3.94. The van der Waals surface area contributed by atoms with E-state index in [4.69, 9.17) is 4.98 Å². The van der Waals surface area contributed by atoms with Crippen LogP contribution in [0.3, 0.4) is 0 Å². The van der Waals surface area contributed by atoms with Crippen LogP contribution in [0.5, 0.6) is 0 Å². The van der Waals surface area contributed by atoms with E-state index in [9.17, 15) is 0 Å². The van der Waals surface area contributed by atoms with Gasteiger partial charge in [0.2, 0.25) is 0 Å². The van der Waals surface area contributed by atoms with Crippen molar-refractivity contribution in [3.63, 3.8) is 0 Å². The zero-order valence-corrected chi connectivity index (χ0v) is 12.1. The number of hydrogen-bond donors (Lipinski definition) is 0. The third-order valence-electron chi connectivity index (χ3n) is 4.98. The van der Waals surface area contributed by atoms with E-state index in [1.54, 1.807) is 0 Å². The Bertz CT molecular complexity index is 612. The lowest BCUT2D eigenvalue weighted by atomic mass is 10.2. The normalized spacial score (nSPS) is 24.9. The van der Waals surface area contributed by atoms with Gasteiger partial charge in [0.05, 0.1) is 6.04 Å². The predicted octanol–water partition coefficient (Wildman–Crippen LogP) is 3.31. The molecule has 0 bridgehead atoms. The van der Waals surface area contributed by atoms with E-state index < -0.39 is 0 Å². The predicted molar refractivity (Wildman–Crippen MR) is 79.6 cm³/mol. The highest BCUT2D eigenvalue weighted by Crippen LogP contribution is 2.38. The molecule has 4 heteroatoms. The quantitative estimate of drug-likeness (QED) is 0.839. The summed E-state index contributed by atoms with van der Waals surface area (Å²) in [7, 11) is 2.23. The number of imidazole rings is 1. The van der Waals surface area contributed by atoms with Crippen LogP contribution in [-0.4, -0.2) is 33.0 Å². The SMILES string of the molecule is CN1CCCC1c1nc2cccnc2n1C1CCCC1. The molecule has 106 valence electrons. The molecule has 0 amide bonds. The Morgan fingerprint density at radius 2 is 2.00 bits per heavy atom. The number of hydrogen-bond acceptors (Lipinski definition) is 3. The van der Waals surface area contributed by atoms with E-state index in [0.29, 0.717) is 12.1 Å². The van der Waals surface area contributed by atoms with Crippen molar-refractivity contribution in [2.24, 2.45) is 0 Å². The summed E-state index contributed by atoms with van der Waals surface area (Å²) in [6.45, 7) is 1.19. The van der Waals surface area contributed by atoms with Crippen molar-refractivity contribution < 1.29 is 0 Å². The molecule has 3 heterocycles. The third kappa shape index (κ3) is 1.85. The maximum absolute atomic E-state index is 4.95. The minimum absolute atomic E-state index is 0.477. The van der Waals surface area contributed by atoms with Crippen LogP contribution < -0.4 is 0 Å².